The number of rotatable bonds is 3. The lowest BCUT2D eigenvalue weighted by Gasteiger charge is -2.43. The largest absolute Gasteiger partial charge is 0.465 e. The highest BCUT2D eigenvalue weighted by Crippen LogP contribution is 2.66. The van der Waals surface area contributed by atoms with Crippen LogP contribution in [0.15, 0.2) is 59.5 Å². The number of halogens is 1. The van der Waals surface area contributed by atoms with Gasteiger partial charge in [0, 0.05) is 5.56 Å². The van der Waals surface area contributed by atoms with Crippen LogP contribution in [0, 0.1) is 0 Å². The van der Waals surface area contributed by atoms with Crippen LogP contribution in [0.1, 0.15) is 5.56 Å². The molecule has 0 aliphatic carbocycles. The third-order valence-electron chi connectivity index (χ3n) is 5.82. The normalized spacial score (nSPS) is 30.5. The molecule has 1 unspecified atom stereocenters. The van der Waals surface area contributed by atoms with E-state index in [9.17, 15) is 33.3 Å². The van der Waals surface area contributed by atoms with Gasteiger partial charge < -0.3 is 24.8 Å². The average molecular weight is 543 g/mol. The minimum atomic E-state index is -4.65. The predicted molar refractivity (Wildman–Crippen MR) is 115 cm³/mol. The Labute approximate surface area is 196 Å². The summed E-state index contributed by atoms with van der Waals surface area (Å²) in [5.74, 6) is -4.63. The van der Waals surface area contributed by atoms with Crippen molar-refractivity contribution < 1.29 is 42.8 Å². The summed E-state index contributed by atoms with van der Waals surface area (Å²) in [5, 5.41) is 34.6. The number of benzene rings is 2. The fraction of sp³-hybridized carbons (Fsp3) is 0.300. The minimum Gasteiger partial charge on any atom is -0.465 e. The van der Waals surface area contributed by atoms with E-state index in [-0.39, 0.29) is 21.0 Å². The van der Waals surface area contributed by atoms with Gasteiger partial charge in [-0.2, -0.15) is 0 Å². The zero-order chi connectivity index (χ0) is 24.4. The number of anilines is 1. The first-order valence-corrected chi connectivity index (χ1v) is 11.7. The number of methoxy groups -OCH3 is 2. The first-order chi connectivity index (χ1) is 15.4. The number of hydrogen-bond acceptors (Lipinski definition) is 9. The van der Waals surface area contributed by atoms with Crippen molar-refractivity contribution in [2.24, 2.45) is 0 Å². The zero-order valence-corrected chi connectivity index (χ0v) is 19.6. The Kier molecular flexibility index (Phi) is 5.26. The molecule has 13 heteroatoms. The van der Waals surface area contributed by atoms with Gasteiger partial charge in [-0.1, -0.05) is 52.3 Å². The third kappa shape index (κ3) is 2.62. The summed E-state index contributed by atoms with van der Waals surface area (Å²) in [6.07, 6.45) is -3.81. The van der Waals surface area contributed by atoms with Crippen molar-refractivity contribution in [3.05, 3.63) is 60.2 Å². The van der Waals surface area contributed by atoms with Crippen molar-refractivity contribution in [1.29, 1.82) is 0 Å². The lowest BCUT2D eigenvalue weighted by molar-refractivity contribution is -0.208. The molecule has 1 amide bonds. The SMILES string of the molecule is COC(=O)N1[C@]2(O)N(S(=O)(=O)c3ccccc3)c3ccccc3[C@]2(Br)C(O)[C@]1(O)C(=O)OC. The lowest BCUT2D eigenvalue weighted by atomic mass is 9.90. The van der Waals surface area contributed by atoms with Crippen LogP contribution in [0.3, 0.4) is 0 Å². The zero-order valence-electron chi connectivity index (χ0n) is 17.2. The molecule has 0 spiro atoms. The molecule has 176 valence electrons. The summed E-state index contributed by atoms with van der Waals surface area (Å²) in [6, 6.07) is 12.7. The van der Waals surface area contributed by atoms with Crippen molar-refractivity contribution >= 4 is 43.7 Å². The topological polar surface area (TPSA) is 154 Å². The highest BCUT2D eigenvalue weighted by Gasteiger charge is 2.85. The maximum absolute atomic E-state index is 13.8. The predicted octanol–water partition coefficient (Wildman–Crippen LogP) is 0.436. The van der Waals surface area contributed by atoms with Gasteiger partial charge in [0.1, 0.15) is 6.10 Å². The van der Waals surface area contributed by atoms with E-state index in [1.54, 1.807) is 6.07 Å². The number of alkyl halides is 1. The molecule has 3 N–H and O–H groups in total. The van der Waals surface area contributed by atoms with E-state index in [1.807, 2.05) is 0 Å². The number of hydrogen-bond donors (Lipinski definition) is 3. The molecule has 0 aromatic heterocycles. The Morgan fingerprint density at radius 2 is 1.58 bits per heavy atom. The van der Waals surface area contributed by atoms with Crippen LogP contribution in [-0.2, 0) is 28.6 Å². The van der Waals surface area contributed by atoms with E-state index in [4.69, 9.17) is 0 Å². The molecule has 2 aromatic rings. The summed E-state index contributed by atoms with van der Waals surface area (Å²) < 4.78 is 35.0. The Hall–Kier alpha value is -2.71. The monoisotopic (exact) mass is 542 g/mol. The minimum absolute atomic E-state index is 0.0202. The molecular weight excluding hydrogens is 524 g/mol. The van der Waals surface area contributed by atoms with Crippen LogP contribution >= 0.6 is 15.9 Å². The molecule has 33 heavy (non-hydrogen) atoms. The standard InChI is InChI=1S/C20H19BrN2O9S/c1-31-16(25)19(27)15(24)18(21)13-10-6-7-11-14(13)23(20(18,28)22(19)17(26)32-2)33(29,30)12-8-4-3-5-9-12/h3-11,15,24,27-28H,1-2H3/t15?,18-,19-,20-/m0/s1. The maximum Gasteiger partial charge on any atom is 0.416 e. The van der Waals surface area contributed by atoms with Crippen molar-refractivity contribution in [2.75, 3.05) is 18.5 Å². The maximum atomic E-state index is 13.8. The number of para-hydroxylation sites is 1. The van der Waals surface area contributed by atoms with Crippen LogP contribution in [0.2, 0.25) is 0 Å². The molecule has 4 atom stereocenters. The van der Waals surface area contributed by atoms with Gasteiger partial charge in [-0.15, -0.1) is 0 Å². The molecule has 2 aliphatic heterocycles. The van der Waals surface area contributed by atoms with Gasteiger partial charge in [0.15, 0.2) is 4.32 Å². The number of likely N-dealkylation sites (tertiary alicyclic amines) is 1. The smallest absolute Gasteiger partial charge is 0.416 e. The van der Waals surface area contributed by atoms with Crippen LogP contribution in [0.25, 0.3) is 0 Å². The highest BCUT2D eigenvalue weighted by atomic mass is 79.9. The van der Waals surface area contributed by atoms with Crippen molar-refractivity contribution in [2.45, 2.75) is 26.9 Å². The number of esters is 1. The van der Waals surface area contributed by atoms with E-state index >= 15 is 0 Å². The van der Waals surface area contributed by atoms with Gasteiger partial charge in [-0.25, -0.2) is 27.2 Å². The molecule has 2 aromatic carbocycles. The van der Waals surface area contributed by atoms with E-state index in [0.29, 0.717) is 4.31 Å². The molecule has 4 rings (SSSR count). The molecule has 0 saturated carbocycles. The van der Waals surface area contributed by atoms with E-state index in [0.717, 1.165) is 14.2 Å². The summed E-state index contributed by atoms with van der Waals surface area (Å²) in [4.78, 5) is 25.3. The van der Waals surface area contributed by atoms with Gasteiger partial charge in [0.05, 0.1) is 24.8 Å². The number of aliphatic hydroxyl groups is 3. The van der Waals surface area contributed by atoms with Crippen LogP contribution < -0.4 is 4.31 Å². The Morgan fingerprint density at radius 1 is 1.00 bits per heavy atom. The fourth-order valence-electron chi connectivity index (χ4n) is 4.38. The Bertz CT molecular complexity index is 1240. The number of carbonyl (C=O) groups excluding carboxylic acids is 2. The molecule has 0 radical (unpaired) electrons. The second-order valence-electron chi connectivity index (χ2n) is 7.37. The van der Waals surface area contributed by atoms with Gasteiger partial charge in [0.2, 0.25) is 0 Å². The highest BCUT2D eigenvalue weighted by molar-refractivity contribution is 9.09. The summed E-state index contributed by atoms with van der Waals surface area (Å²) in [6.45, 7) is 0. The number of ether oxygens (including phenoxy) is 2. The molecule has 2 aliphatic rings. The fourth-order valence-corrected chi connectivity index (χ4v) is 7.20. The van der Waals surface area contributed by atoms with Gasteiger partial charge in [0.25, 0.3) is 21.6 Å². The van der Waals surface area contributed by atoms with Gasteiger partial charge >= 0.3 is 12.1 Å². The quantitative estimate of drug-likeness (QED) is 0.370. The second kappa shape index (κ2) is 7.40. The Balaban J connectivity index is 2.13. The molecule has 1 saturated heterocycles. The second-order valence-corrected chi connectivity index (χ2v) is 10.4. The van der Waals surface area contributed by atoms with Crippen molar-refractivity contribution in [3.63, 3.8) is 0 Å². The molecule has 1 fully saturated rings. The Morgan fingerprint density at radius 3 is 2.15 bits per heavy atom. The lowest BCUT2D eigenvalue weighted by Crippen LogP contribution is -2.69. The number of amides is 1. The number of fused-ring (bicyclic) bond motifs is 3. The first kappa shape index (κ1) is 23.4. The number of nitrogens with zero attached hydrogens (tertiary/aromatic N) is 2. The molecular formula is C20H19BrN2O9S. The number of sulfonamides is 1. The van der Waals surface area contributed by atoms with Crippen LogP contribution in [0.4, 0.5) is 10.5 Å². The van der Waals surface area contributed by atoms with Crippen molar-refractivity contribution in [3.8, 4) is 0 Å². The number of aliphatic hydroxyl groups excluding tert-OH is 1. The van der Waals surface area contributed by atoms with Crippen molar-refractivity contribution in [1.82, 2.24) is 4.90 Å². The molecule has 11 nitrogen and oxygen atoms in total. The molecule has 0 bridgehead atoms. The first-order valence-electron chi connectivity index (χ1n) is 9.43. The third-order valence-corrected chi connectivity index (χ3v) is 9.01. The van der Waals surface area contributed by atoms with Crippen LogP contribution in [0.5, 0.6) is 0 Å². The average Bonchev–Trinajstić information content (AvgIpc) is 3.10. The summed E-state index contributed by atoms with van der Waals surface area (Å²) in [7, 11) is -2.88. The van der Waals surface area contributed by atoms with E-state index in [1.165, 1.54) is 48.5 Å². The van der Waals surface area contributed by atoms with Gasteiger partial charge in [-0.05, 0) is 18.2 Å². The summed E-state index contributed by atoms with van der Waals surface area (Å²) in [5.41, 5.74) is -3.37. The van der Waals surface area contributed by atoms with Crippen LogP contribution in [-0.4, -0.2) is 72.6 Å². The summed E-state index contributed by atoms with van der Waals surface area (Å²) >= 11 is 3.19. The molecule has 2 heterocycles. The number of carbonyl (C=O) groups is 2. The van der Waals surface area contributed by atoms with E-state index in [2.05, 4.69) is 25.4 Å². The van der Waals surface area contributed by atoms with E-state index < -0.39 is 44.1 Å². The van der Waals surface area contributed by atoms with Gasteiger partial charge in [-0.3, -0.25) is 0 Å².